The van der Waals surface area contributed by atoms with E-state index in [-0.39, 0.29) is 11.8 Å². The van der Waals surface area contributed by atoms with Gasteiger partial charge in [0.15, 0.2) is 0 Å². The Kier molecular flexibility index (Phi) is 6.86. The van der Waals surface area contributed by atoms with Crippen LogP contribution in [-0.4, -0.2) is 64.3 Å². The van der Waals surface area contributed by atoms with Gasteiger partial charge in [0.25, 0.3) is 5.91 Å². The van der Waals surface area contributed by atoms with Crippen LogP contribution in [0.5, 0.6) is 0 Å². The Labute approximate surface area is 204 Å². The van der Waals surface area contributed by atoms with Crippen molar-refractivity contribution in [1.29, 1.82) is 0 Å². The van der Waals surface area contributed by atoms with Crippen LogP contribution in [0.3, 0.4) is 0 Å². The maximum Gasteiger partial charge on any atom is 0.252 e. The van der Waals surface area contributed by atoms with E-state index in [0.717, 1.165) is 48.2 Å². The van der Waals surface area contributed by atoms with Gasteiger partial charge in [-0.05, 0) is 41.3 Å². The van der Waals surface area contributed by atoms with Gasteiger partial charge in [0.2, 0.25) is 5.91 Å². The summed E-state index contributed by atoms with van der Waals surface area (Å²) in [5.41, 5.74) is 3.27. The number of aromatic amines is 1. The van der Waals surface area contributed by atoms with Crippen LogP contribution in [0.25, 0.3) is 10.9 Å². The Morgan fingerprint density at radius 2 is 1.74 bits per heavy atom. The number of benzene rings is 2. The minimum Gasteiger partial charge on any atom is -0.361 e. The van der Waals surface area contributed by atoms with Crippen molar-refractivity contribution in [3.8, 4) is 0 Å². The Bertz CT molecular complexity index is 1280. The Hall–Kier alpha value is -3.97. The minimum atomic E-state index is -0.733. The number of carbonyl (C=O) groups is 2. The zero-order chi connectivity index (χ0) is 24.0. The molecule has 4 aromatic rings. The van der Waals surface area contributed by atoms with Gasteiger partial charge in [0, 0.05) is 68.3 Å². The number of rotatable bonds is 7. The van der Waals surface area contributed by atoms with Crippen LogP contribution in [0, 0.1) is 0 Å². The number of nitrogens with one attached hydrogen (secondary N) is 2. The maximum atomic E-state index is 13.6. The van der Waals surface area contributed by atoms with Gasteiger partial charge < -0.3 is 15.2 Å². The number of amides is 2. The van der Waals surface area contributed by atoms with Crippen LogP contribution in [-0.2, 0) is 11.2 Å². The monoisotopic (exact) mass is 467 g/mol. The summed E-state index contributed by atoms with van der Waals surface area (Å²) < 4.78 is 0. The molecule has 1 aliphatic heterocycles. The number of aromatic nitrogens is 2. The molecule has 0 radical (unpaired) electrons. The third-order valence-corrected chi connectivity index (χ3v) is 6.57. The second-order valence-electron chi connectivity index (χ2n) is 8.83. The van der Waals surface area contributed by atoms with E-state index in [1.165, 1.54) is 0 Å². The number of hydrogen-bond acceptors (Lipinski definition) is 4. The molecule has 0 saturated carbocycles. The lowest BCUT2D eigenvalue weighted by Crippen LogP contribution is -2.52. The van der Waals surface area contributed by atoms with Gasteiger partial charge in [0.05, 0.1) is 0 Å². The summed E-state index contributed by atoms with van der Waals surface area (Å²) in [6.07, 6.45) is 4.56. The smallest absolute Gasteiger partial charge is 0.252 e. The number of pyridine rings is 1. The summed E-state index contributed by atoms with van der Waals surface area (Å²) >= 11 is 0. The van der Waals surface area contributed by atoms with E-state index in [0.29, 0.717) is 18.7 Å². The summed E-state index contributed by atoms with van der Waals surface area (Å²) in [7, 11) is 0. The third-order valence-electron chi connectivity index (χ3n) is 6.57. The molecule has 0 spiro atoms. The van der Waals surface area contributed by atoms with E-state index in [1.54, 1.807) is 6.07 Å². The average Bonchev–Trinajstić information content (AvgIpc) is 3.39. The van der Waals surface area contributed by atoms with E-state index in [1.807, 2.05) is 84.0 Å². The molecule has 0 aliphatic carbocycles. The SMILES string of the molecule is O=C(N[C@@H](C(=O)N1CCN(CCc2ccccn2)CC1)c1ccccc1)c1ccc2cc[nH]c2c1. The highest BCUT2D eigenvalue weighted by Crippen LogP contribution is 2.20. The van der Waals surface area contributed by atoms with Gasteiger partial charge in [-0.3, -0.25) is 19.5 Å². The van der Waals surface area contributed by atoms with Crippen molar-refractivity contribution >= 4 is 22.7 Å². The molecule has 1 fully saturated rings. The van der Waals surface area contributed by atoms with Crippen molar-refractivity contribution < 1.29 is 9.59 Å². The molecular formula is C28H29N5O2. The largest absolute Gasteiger partial charge is 0.361 e. The molecule has 2 N–H and O–H groups in total. The molecule has 1 saturated heterocycles. The highest BCUT2D eigenvalue weighted by molar-refractivity contribution is 6.00. The topological polar surface area (TPSA) is 81.3 Å². The van der Waals surface area contributed by atoms with E-state index in [4.69, 9.17) is 0 Å². The van der Waals surface area contributed by atoms with Crippen molar-refractivity contribution in [2.24, 2.45) is 0 Å². The van der Waals surface area contributed by atoms with Gasteiger partial charge in [-0.25, -0.2) is 0 Å². The lowest BCUT2D eigenvalue weighted by Gasteiger charge is -2.36. The van der Waals surface area contributed by atoms with E-state index < -0.39 is 6.04 Å². The Balaban J connectivity index is 1.25. The van der Waals surface area contributed by atoms with Crippen molar-refractivity contribution in [3.63, 3.8) is 0 Å². The average molecular weight is 468 g/mol. The maximum absolute atomic E-state index is 13.6. The first-order chi connectivity index (χ1) is 17.2. The van der Waals surface area contributed by atoms with Crippen LogP contribution in [0.2, 0.25) is 0 Å². The van der Waals surface area contributed by atoms with E-state index in [2.05, 4.69) is 20.2 Å². The number of nitrogens with zero attached hydrogens (tertiary/aromatic N) is 3. The van der Waals surface area contributed by atoms with Crippen LogP contribution in [0.4, 0.5) is 0 Å². The summed E-state index contributed by atoms with van der Waals surface area (Å²) in [5.74, 6) is -0.340. The van der Waals surface area contributed by atoms with Crippen molar-refractivity contribution in [3.05, 3.63) is 102 Å². The van der Waals surface area contributed by atoms with Gasteiger partial charge in [0.1, 0.15) is 6.04 Å². The van der Waals surface area contributed by atoms with Gasteiger partial charge in [-0.2, -0.15) is 0 Å². The first-order valence-electron chi connectivity index (χ1n) is 12.0. The molecule has 5 rings (SSSR count). The number of H-pyrrole nitrogens is 1. The number of fused-ring (bicyclic) bond motifs is 1. The molecule has 7 heteroatoms. The quantitative estimate of drug-likeness (QED) is 0.436. The molecule has 2 aromatic carbocycles. The van der Waals surface area contributed by atoms with Crippen LogP contribution in [0.15, 0.2) is 85.2 Å². The number of piperazine rings is 1. The molecule has 1 aliphatic rings. The number of hydrogen-bond donors (Lipinski definition) is 2. The number of carbonyl (C=O) groups excluding carboxylic acids is 2. The molecule has 0 bridgehead atoms. The van der Waals surface area contributed by atoms with Crippen LogP contribution < -0.4 is 5.32 Å². The van der Waals surface area contributed by atoms with Crippen molar-refractivity contribution in [2.45, 2.75) is 12.5 Å². The summed E-state index contributed by atoms with van der Waals surface area (Å²) in [4.78, 5) is 38.5. The lowest BCUT2D eigenvalue weighted by atomic mass is 10.0. The summed E-state index contributed by atoms with van der Waals surface area (Å²) in [6, 6.07) is 22.2. The Morgan fingerprint density at radius 1 is 0.943 bits per heavy atom. The fourth-order valence-corrected chi connectivity index (χ4v) is 4.53. The molecule has 35 heavy (non-hydrogen) atoms. The first-order valence-corrected chi connectivity index (χ1v) is 12.0. The molecule has 2 aromatic heterocycles. The van der Waals surface area contributed by atoms with Crippen molar-refractivity contribution in [1.82, 2.24) is 25.1 Å². The minimum absolute atomic E-state index is 0.0742. The normalized spacial score (nSPS) is 15.1. The standard InChI is InChI=1S/C28H29N5O2/c34-27(23-10-9-21-11-14-30-25(21)20-23)31-26(22-6-2-1-3-7-22)28(35)33-18-16-32(17-19-33)15-12-24-8-4-5-13-29-24/h1-11,13-14,20,26,30H,12,15-19H2,(H,31,34)/t26-/m1/s1. The zero-order valence-corrected chi connectivity index (χ0v) is 19.6. The predicted octanol–water partition coefficient (Wildman–Crippen LogP) is 3.42. The summed E-state index contributed by atoms with van der Waals surface area (Å²) in [6.45, 7) is 3.79. The van der Waals surface area contributed by atoms with Gasteiger partial charge >= 0.3 is 0 Å². The van der Waals surface area contributed by atoms with Crippen molar-refractivity contribution in [2.75, 3.05) is 32.7 Å². The highest BCUT2D eigenvalue weighted by atomic mass is 16.2. The molecule has 178 valence electrons. The molecular weight excluding hydrogens is 438 g/mol. The second kappa shape index (κ2) is 10.5. The second-order valence-corrected chi connectivity index (χ2v) is 8.83. The first kappa shape index (κ1) is 22.8. The molecule has 2 amide bonds. The third kappa shape index (κ3) is 5.41. The zero-order valence-electron chi connectivity index (χ0n) is 19.6. The van der Waals surface area contributed by atoms with E-state index in [9.17, 15) is 9.59 Å². The Morgan fingerprint density at radius 3 is 2.51 bits per heavy atom. The molecule has 3 heterocycles. The molecule has 0 unspecified atom stereocenters. The predicted molar refractivity (Wildman–Crippen MR) is 136 cm³/mol. The van der Waals surface area contributed by atoms with Crippen LogP contribution in [0.1, 0.15) is 27.7 Å². The van der Waals surface area contributed by atoms with Gasteiger partial charge in [-0.15, -0.1) is 0 Å². The molecule has 7 nitrogen and oxygen atoms in total. The lowest BCUT2D eigenvalue weighted by molar-refractivity contribution is -0.135. The summed E-state index contributed by atoms with van der Waals surface area (Å²) in [5, 5.41) is 4.04. The molecule has 1 atom stereocenters. The van der Waals surface area contributed by atoms with E-state index >= 15 is 0 Å². The van der Waals surface area contributed by atoms with Gasteiger partial charge in [-0.1, -0.05) is 42.5 Å². The highest BCUT2D eigenvalue weighted by Gasteiger charge is 2.30. The van der Waals surface area contributed by atoms with Crippen LogP contribution >= 0.6 is 0 Å². The fourth-order valence-electron chi connectivity index (χ4n) is 4.53. The fraction of sp³-hybridized carbons (Fsp3) is 0.250.